The van der Waals surface area contributed by atoms with Gasteiger partial charge in [0.15, 0.2) is 5.76 Å². The summed E-state index contributed by atoms with van der Waals surface area (Å²) in [5, 5.41) is 5.40. The fraction of sp³-hybridized carbons (Fsp3) is 0.111. The maximum absolute atomic E-state index is 13.0. The molecule has 0 saturated heterocycles. The third-order valence-electron chi connectivity index (χ3n) is 5.81. The maximum atomic E-state index is 13.0. The molecule has 4 aromatic heterocycles. The lowest BCUT2D eigenvalue weighted by Gasteiger charge is -2.02. The summed E-state index contributed by atoms with van der Waals surface area (Å²) in [6.07, 6.45) is 1.67. The minimum atomic E-state index is -0.365. The molecule has 6 rings (SSSR count). The minimum Gasteiger partial charge on any atom is -0.462 e. The second-order valence-electron chi connectivity index (χ2n) is 8.10. The van der Waals surface area contributed by atoms with Gasteiger partial charge in [-0.1, -0.05) is 41.7 Å². The van der Waals surface area contributed by atoms with Crippen LogP contribution in [0.3, 0.4) is 0 Å². The first-order chi connectivity index (χ1) is 17.5. The highest BCUT2D eigenvalue weighted by molar-refractivity contribution is 7.15. The molecule has 0 aliphatic rings. The van der Waals surface area contributed by atoms with E-state index in [1.165, 1.54) is 15.9 Å². The molecule has 0 atom stereocenters. The zero-order valence-corrected chi connectivity index (χ0v) is 20.2. The number of aromatic nitrogens is 3. The quantitative estimate of drug-likeness (QED) is 0.314. The predicted molar refractivity (Wildman–Crippen MR) is 136 cm³/mol. The number of benzene rings is 2. The first-order valence-electron chi connectivity index (χ1n) is 11.3. The summed E-state index contributed by atoms with van der Waals surface area (Å²) in [5.74, 6) is 1.71. The van der Waals surface area contributed by atoms with E-state index in [0.29, 0.717) is 44.8 Å². The van der Waals surface area contributed by atoms with E-state index in [1.807, 2.05) is 37.3 Å². The number of fused-ring (bicyclic) bond motifs is 2. The number of para-hydroxylation sites is 1. The summed E-state index contributed by atoms with van der Waals surface area (Å²) in [6, 6.07) is 18.3. The number of ether oxygens (including phenoxy) is 1. The molecule has 6 aromatic rings. The van der Waals surface area contributed by atoms with E-state index < -0.39 is 0 Å². The van der Waals surface area contributed by atoms with Crippen molar-refractivity contribution in [2.75, 3.05) is 6.61 Å². The molecule has 0 saturated carbocycles. The Balaban J connectivity index is 1.30. The highest BCUT2D eigenvalue weighted by atomic mass is 32.1. The van der Waals surface area contributed by atoms with Gasteiger partial charge in [0.1, 0.15) is 21.6 Å². The standard InChI is InChI=1S/C27H19N3O5S/c1-3-33-26(32)17-10-8-16(9-11-17)20-13-12-18(34-20)14-22-25(31)30-27(36-22)28-24(29-30)23-15(2)19-6-4-5-7-21(19)35-23/h4-14H,3H2,1-2H3/b22-14-. The lowest BCUT2D eigenvalue weighted by atomic mass is 10.1. The van der Waals surface area contributed by atoms with Crippen LogP contribution >= 0.6 is 11.3 Å². The van der Waals surface area contributed by atoms with E-state index in [1.54, 1.807) is 43.3 Å². The van der Waals surface area contributed by atoms with Crippen LogP contribution in [0.1, 0.15) is 28.6 Å². The van der Waals surface area contributed by atoms with E-state index in [4.69, 9.17) is 13.6 Å². The normalized spacial score (nSPS) is 12.1. The Labute approximate surface area is 208 Å². The van der Waals surface area contributed by atoms with E-state index >= 15 is 0 Å². The van der Waals surface area contributed by atoms with E-state index in [9.17, 15) is 9.59 Å². The summed E-state index contributed by atoms with van der Waals surface area (Å²) >= 11 is 1.23. The van der Waals surface area contributed by atoms with Crippen LogP contribution in [0.2, 0.25) is 0 Å². The van der Waals surface area contributed by atoms with Gasteiger partial charge in [-0.3, -0.25) is 4.79 Å². The van der Waals surface area contributed by atoms with Crippen molar-refractivity contribution in [3.8, 4) is 22.9 Å². The van der Waals surface area contributed by atoms with Gasteiger partial charge in [-0.05, 0) is 44.2 Å². The first-order valence-corrected chi connectivity index (χ1v) is 12.1. The molecule has 0 spiro atoms. The maximum Gasteiger partial charge on any atom is 0.338 e. The van der Waals surface area contributed by atoms with E-state index in [-0.39, 0.29) is 11.5 Å². The highest BCUT2D eigenvalue weighted by Gasteiger charge is 2.19. The van der Waals surface area contributed by atoms with Crippen LogP contribution in [0, 0.1) is 6.92 Å². The van der Waals surface area contributed by atoms with Crippen LogP contribution < -0.4 is 10.1 Å². The third-order valence-corrected chi connectivity index (χ3v) is 6.77. The lowest BCUT2D eigenvalue weighted by Crippen LogP contribution is -2.23. The first kappa shape index (κ1) is 22.0. The van der Waals surface area contributed by atoms with E-state index in [2.05, 4.69) is 10.1 Å². The molecule has 8 nitrogen and oxygen atoms in total. The van der Waals surface area contributed by atoms with Gasteiger partial charge in [0.05, 0.1) is 12.2 Å². The molecule has 4 heterocycles. The summed E-state index contributed by atoms with van der Waals surface area (Å²) in [5.41, 5.74) is 2.68. The smallest absolute Gasteiger partial charge is 0.338 e. The molecule has 0 unspecified atom stereocenters. The Morgan fingerprint density at radius 2 is 1.89 bits per heavy atom. The second kappa shape index (κ2) is 8.62. The van der Waals surface area contributed by atoms with Crippen molar-refractivity contribution in [1.29, 1.82) is 0 Å². The van der Waals surface area contributed by atoms with Crippen molar-refractivity contribution in [3.05, 3.63) is 92.4 Å². The van der Waals surface area contributed by atoms with Gasteiger partial charge in [-0.25, -0.2) is 4.79 Å². The summed E-state index contributed by atoms with van der Waals surface area (Å²) < 4.78 is 18.6. The second-order valence-corrected chi connectivity index (χ2v) is 9.11. The number of thiazole rings is 1. The third kappa shape index (κ3) is 3.70. The number of nitrogens with zero attached hydrogens (tertiary/aromatic N) is 3. The van der Waals surface area contributed by atoms with Gasteiger partial charge in [0, 0.05) is 22.6 Å². The summed E-state index contributed by atoms with van der Waals surface area (Å²) in [4.78, 5) is 29.8. The monoisotopic (exact) mass is 497 g/mol. The van der Waals surface area contributed by atoms with Crippen molar-refractivity contribution in [1.82, 2.24) is 14.6 Å². The molecule has 0 bridgehead atoms. The molecule has 0 aliphatic heterocycles. The van der Waals surface area contributed by atoms with Gasteiger partial charge in [0.2, 0.25) is 10.8 Å². The summed E-state index contributed by atoms with van der Waals surface area (Å²) in [7, 11) is 0. The molecule has 178 valence electrons. The Kier molecular flexibility index (Phi) is 5.26. The van der Waals surface area contributed by atoms with Crippen molar-refractivity contribution in [3.63, 3.8) is 0 Å². The number of aryl methyl sites for hydroxylation is 1. The van der Waals surface area contributed by atoms with Gasteiger partial charge >= 0.3 is 5.97 Å². The van der Waals surface area contributed by atoms with Crippen molar-refractivity contribution < 1.29 is 18.4 Å². The Morgan fingerprint density at radius 1 is 1.08 bits per heavy atom. The van der Waals surface area contributed by atoms with Crippen LogP contribution in [0.25, 0.3) is 44.9 Å². The van der Waals surface area contributed by atoms with Gasteiger partial charge < -0.3 is 13.6 Å². The van der Waals surface area contributed by atoms with Crippen LogP contribution in [0.5, 0.6) is 0 Å². The van der Waals surface area contributed by atoms with Crippen LogP contribution in [-0.2, 0) is 4.74 Å². The average molecular weight is 498 g/mol. The van der Waals surface area contributed by atoms with Gasteiger partial charge in [-0.2, -0.15) is 9.50 Å². The van der Waals surface area contributed by atoms with Gasteiger partial charge in [-0.15, -0.1) is 5.10 Å². The molecule has 0 N–H and O–H groups in total. The molecule has 9 heteroatoms. The van der Waals surface area contributed by atoms with Crippen LogP contribution in [0.4, 0.5) is 0 Å². The Hall–Kier alpha value is -4.50. The minimum absolute atomic E-state index is 0.278. The Morgan fingerprint density at radius 3 is 2.64 bits per heavy atom. The molecule has 0 amide bonds. The zero-order chi connectivity index (χ0) is 24.8. The molecule has 0 fully saturated rings. The lowest BCUT2D eigenvalue weighted by molar-refractivity contribution is 0.0526. The molecule has 36 heavy (non-hydrogen) atoms. The topological polar surface area (TPSA) is 99.8 Å². The van der Waals surface area contributed by atoms with E-state index in [0.717, 1.165) is 22.1 Å². The van der Waals surface area contributed by atoms with Gasteiger partial charge in [0.25, 0.3) is 5.56 Å². The number of rotatable bonds is 5. The fourth-order valence-corrected chi connectivity index (χ4v) is 4.91. The van der Waals surface area contributed by atoms with Crippen molar-refractivity contribution >= 4 is 39.3 Å². The summed E-state index contributed by atoms with van der Waals surface area (Å²) in [6.45, 7) is 4.04. The number of furan rings is 2. The zero-order valence-electron chi connectivity index (χ0n) is 19.3. The predicted octanol–water partition coefficient (Wildman–Crippen LogP) is 4.86. The SMILES string of the molecule is CCOC(=O)c1ccc(-c2ccc(/C=c3\sc4nc(-c5oc6ccccc6c5C)nn4c3=O)o2)cc1. The molecular weight excluding hydrogens is 478 g/mol. The molecule has 2 aromatic carbocycles. The van der Waals surface area contributed by atoms with Crippen LogP contribution in [0.15, 0.2) is 74.3 Å². The number of carbonyl (C=O) groups is 1. The fourth-order valence-electron chi connectivity index (χ4n) is 4.02. The van der Waals surface area contributed by atoms with Crippen molar-refractivity contribution in [2.24, 2.45) is 0 Å². The largest absolute Gasteiger partial charge is 0.462 e. The average Bonchev–Trinajstić information content (AvgIpc) is 3.65. The highest BCUT2D eigenvalue weighted by Crippen LogP contribution is 2.31. The molecule has 0 aliphatic carbocycles. The number of hydrogen-bond donors (Lipinski definition) is 0. The number of carbonyl (C=O) groups excluding carboxylic acids is 1. The Bertz CT molecular complexity index is 1860. The van der Waals surface area contributed by atoms with Crippen molar-refractivity contribution in [2.45, 2.75) is 13.8 Å². The number of esters is 1. The molecular formula is C27H19N3O5S. The number of hydrogen-bond acceptors (Lipinski definition) is 8. The van der Waals surface area contributed by atoms with Crippen LogP contribution in [-0.4, -0.2) is 27.2 Å². The molecule has 0 radical (unpaired) electrons.